The first-order valence-corrected chi connectivity index (χ1v) is 8.57. The number of carbonyl (C=O) groups excluding carboxylic acids is 2. The van der Waals surface area contributed by atoms with Crippen molar-refractivity contribution in [3.63, 3.8) is 0 Å². The fourth-order valence-electron chi connectivity index (χ4n) is 2.66. The highest BCUT2D eigenvalue weighted by Gasteiger charge is 2.28. The molecule has 0 radical (unpaired) electrons. The zero-order chi connectivity index (χ0) is 17.5. The largest absolute Gasteiger partial charge is 0.490 e. The number of piperidine rings is 1. The van der Waals surface area contributed by atoms with E-state index in [4.69, 9.17) is 15.3 Å². The molecule has 1 aromatic carbocycles. The van der Waals surface area contributed by atoms with E-state index in [0.717, 1.165) is 12.8 Å². The lowest BCUT2D eigenvalue weighted by Gasteiger charge is -2.31. The molecule has 3 N–H and O–H groups in total. The molecule has 1 unspecified atom stereocenters. The van der Waals surface area contributed by atoms with E-state index in [1.807, 2.05) is 0 Å². The molecule has 0 aliphatic carbocycles. The van der Waals surface area contributed by atoms with E-state index in [9.17, 15) is 9.59 Å². The molecule has 2 amide bonds. The molecule has 1 fully saturated rings. The van der Waals surface area contributed by atoms with Crippen LogP contribution in [0.1, 0.15) is 23.2 Å². The monoisotopic (exact) mass is 399 g/mol. The quantitative estimate of drug-likeness (QED) is 0.325. The van der Waals surface area contributed by atoms with Gasteiger partial charge in [0, 0.05) is 25.8 Å². The Morgan fingerprint density at radius 2 is 2.21 bits per heavy atom. The molecular formula is C16H22BrN3O4. The van der Waals surface area contributed by atoms with Crippen molar-refractivity contribution in [1.82, 2.24) is 10.3 Å². The Labute approximate surface area is 149 Å². The fourth-order valence-corrected chi connectivity index (χ4v) is 3.16. The predicted octanol–water partition coefficient (Wildman–Crippen LogP) is 1.32. The van der Waals surface area contributed by atoms with Gasteiger partial charge in [-0.3, -0.25) is 15.0 Å². The summed E-state index contributed by atoms with van der Waals surface area (Å²) < 4.78 is 11.2. The zero-order valence-corrected chi connectivity index (χ0v) is 15.2. The third-order valence-corrected chi connectivity index (χ3v) is 4.57. The minimum Gasteiger partial charge on any atom is -0.490 e. The first-order valence-electron chi connectivity index (χ1n) is 7.77. The molecule has 1 atom stereocenters. The van der Waals surface area contributed by atoms with Crippen molar-refractivity contribution in [2.75, 3.05) is 33.4 Å². The molecular weight excluding hydrogens is 378 g/mol. The van der Waals surface area contributed by atoms with Crippen molar-refractivity contribution in [3.8, 4) is 5.75 Å². The maximum Gasteiger partial charge on any atom is 0.253 e. The van der Waals surface area contributed by atoms with Crippen molar-refractivity contribution >= 4 is 27.7 Å². The van der Waals surface area contributed by atoms with Crippen molar-refractivity contribution in [1.29, 1.82) is 0 Å². The topological polar surface area (TPSA) is 93.9 Å². The summed E-state index contributed by atoms with van der Waals surface area (Å²) in [5, 5.41) is 0. The molecule has 1 aromatic rings. The Balaban J connectivity index is 2.03. The predicted molar refractivity (Wildman–Crippen MR) is 92.5 cm³/mol. The van der Waals surface area contributed by atoms with Crippen LogP contribution in [0.3, 0.4) is 0 Å². The molecule has 1 aliphatic heterocycles. The van der Waals surface area contributed by atoms with E-state index in [-0.39, 0.29) is 17.7 Å². The van der Waals surface area contributed by atoms with E-state index in [0.29, 0.717) is 42.1 Å². The molecule has 132 valence electrons. The second kappa shape index (κ2) is 9.00. The minimum atomic E-state index is -0.257. The summed E-state index contributed by atoms with van der Waals surface area (Å²) in [4.78, 5) is 26.0. The van der Waals surface area contributed by atoms with Crippen molar-refractivity contribution in [3.05, 3.63) is 28.2 Å². The number of methoxy groups -OCH3 is 1. The van der Waals surface area contributed by atoms with Gasteiger partial charge in [0.2, 0.25) is 5.91 Å². The lowest BCUT2D eigenvalue weighted by atomic mass is 9.97. The molecule has 2 rings (SSSR count). The van der Waals surface area contributed by atoms with Crippen LogP contribution >= 0.6 is 15.9 Å². The Morgan fingerprint density at radius 3 is 2.88 bits per heavy atom. The number of likely N-dealkylation sites (tertiary alicyclic amines) is 1. The van der Waals surface area contributed by atoms with E-state index >= 15 is 0 Å². The standard InChI is InChI=1S/C16H22BrN3O4/c1-23-7-8-24-14-5-4-11(9-13(14)17)16(22)20-6-2-3-12(10-20)15(21)19-18/h4-5,9,12H,2-3,6-8,10,18H2,1H3,(H,19,21). The summed E-state index contributed by atoms with van der Waals surface area (Å²) >= 11 is 3.42. The van der Waals surface area contributed by atoms with Crippen LogP contribution in [0.25, 0.3) is 0 Å². The van der Waals surface area contributed by atoms with Crippen LogP contribution in [0.4, 0.5) is 0 Å². The SMILES string of the molecule is COCCOc1ccc(C(=O)N2CCCC(C(=O)NN)C2)cc1Br. The summed E-state index contributed by atoms with van der Waals surface area (Å²) in [6, 6.07) is 5.21. The van der Waals surface area contributed by atoms with Gasteiger partial charge in [-0.15, -0.1) is 0 Å². The summed E-state index contributed by atoms with van der Waals surface area (Å²) in [7, 11) is 1.61. The number of benzene rings is 1. The number of hydrogen-bond donors (Lipinski definition) is 2. The molecule has 0 aromatic heterocycles. The van der Waals surface area contributed by atoms with Crippen LogP contribution in [0.5, 0.6) is 5.75 Å². The minimum absolute atomic E-state index is 0.103. The van der Waals surface area contributed by atoms with Crippen molar-refractivity contribution in [2.45, 2.75) is 12.8 Å². The number of nitrogens with zero attached hydrogens (tertiary/aromatic N) is 1. The van der Waals surface area contributed by atoms with Gasteiger partial charge in [0.25, 0.3) is 5.91 Å². The molecule has 1 heterocycles. The Bertz CT molecular complexity index is 597. The summed E-state index contributed by atoms with van der Waals surface area (Å²) in [5.41, 5.74) is 2.71. The molecule has 1 aliphatic rings. The van der Waals surface area contributed by atoms with Gasteiger partial charge in [0.15, 0.2) is 0 Å². The van der Waals surface area contributed by atoms with Gasteiger partial charge in [-0.1, -0.05) is 0 Å². The normalized spacial score (nSPS) is 17.5. The maximum absolute atomic E-state index is 12.7. The summed E-state index contributed by atoms with van der Waals surface area (Å²) in [5.74, 6) is 5.26. The maximum atomic E-state index is 12.7. The van der Waals surface area contributed by atoms with Crippen LogP contribution in [0, 0.1) is 5.92 Å². The third-order valence-electron chi connectivity index (χ3n) is 3.95. The number of nitrogens with two attached hydrogens (primary N) is 1. The van der Waals surface area contributed by atoms with Crippen LogP contribution in [-0.4, -0.2) is 50.1 Å². The van der Waals surface area contributed by atoms with Crippen molar-refractivity contribution in [2.24, 2.45) is 11.8 Å². The highest BCUT2D eigenvalue weighted by molar-refractivity contribution is 9.10. The number of amides is 2. The Hall–Kier alpha value is -1.64. The smallest absolute Gasteiger partial charge is 0.253 e. The summed E-state index contributed by atoms with van der Waals surface area (Å²) in [6.45, 7) is 1.94. The number of carbonyl (C=O) groups is 2. The van der Waals surface area contributed by atoms with Gasteiger partial charge in [0.05, 0.1) is 17.0 Å². The number of hydrogen-bond acceptors (Lipinski definition) is 5. The first kappa shape index (κ1) is 18.7. The third kappa shape index (κ3) is 4.68. The van der Waals surface area contributed by atoms with E-state index in [1.54, 1.807) is 30.2 Å². The van der Waals surface area contributed by atoms with E-state index in [1.165, 1.54) is 0 Å². The van der Waals surface area contributed by atoms with Gasteiger partial charge in [-0.2, -0.15) is 0 Å². The lowest BCUT2D eigenvalue weighted by molar-refractivity contribution is -0.126. The zero-order valence-electron chi connectivity index (χ0n) is 13.6. The Kier molecular flexibility index (Phi) is 7.01. The molecule has 8 heteroatoms. The molecule has 7 nitrogen and oxygen atoms in total. The first-order chi connectivity index (χ1) is 11.6. The number of rotatable bonds is 6. The molecule has 0 spiro atoms. The van der Waals surface area contributed by atoms with Gasteiger partial charge in [-0.25, -0.2) is 5.84 Å². The average Bonchev–Trinajstić information content (AvgIpc) is 2.62. The van der Waals surface area contributed by atoms with Crippen LogP contribution in [-0.2, 0) is 9.53 Å². The number of halogens is 1. The lowest BCUT2D eigenvalue weighted by Crippen LogP contribution is -2.47. The number of nitrogens with one attached hydrogen (secondary N) is 1. The second-order valence-electron chi connectivity index (χ2n) is 5.59. The van der Waals surface area contributed by atoms with E-state index < -0.39 is 0 Å². The molecule has 24 heavy (non-hydrogen) atoms. The number of ether oxygens (including phenoxy) is 2. The fraction of sp³-hybridized carbons (Fsp3) is 0.500. The van der Waals surface area contributed by atoms with Crippen LogP contribution in [0.15, 0.2) is 22.7 Å². The van der Waals surface area contributed by atoms with Gasteiger partial charge in [0.1, 0.15) is 12.4 Å². The second-order valence-corrected chi connectivity index (χ2v) is 6.44. The highest BCUT2D eigenvalue weighted by Crippen LogP contribution is 2.27. The Morgan fingerprint density at radius 1 is 1.42 bits per heavy atom. The molecule has 0 bridgehead atoms. The van der Waals surface area contributed by atoms with Gasteiger partial charge < -0.3 is 14.4 Å². The van der Waals surface area contributed by atoms with Gasteiger partial charge >= 0.3 is 0 Å². The highest BCUT2D eigenvalue weighted by atomic mass is 79.9. The number of hydrazine groups is 1. The van der Waals surface area contributed by atoms with Crippen LogP contribution in [0.2, 0.25) is 0 Å². The van der Waals surface area contributed by atoms with Gasteiger partial charge in [-0.05, 0) is 47.0 Å². The van der Waals surface area contributed by atoms with Crippen molar-refractivity contribution < 1.29 is 19.1 Å². The summed E-state index contributed by atoms with van der Waals surface area (Å²) in [6.07, 6.45) is 1.52. The molecule has 0 saturated carbocycles. The van der Waals surface area contributed by atoms with E-state index in [2.05, 4.69) is 21.4 Å². The molecule has 1 saturated heterocycles. The average molecular weight is 400 g/mol. The van der Waals surface area contributed by atoms with Crippen LogP contribution < -0.4 is 16.0 Å².